The topological polar surface area (TPSA) is 32.3 Å². The molecule has 0 saturated heterocycles. The zero-order valence-electron chi connectivity index (χ0n) is 12.4. The number of unbranched alkanes of at least 4 members (excludes halogenated alkanes) is 4. The first-order chi connectivity index (χ1) is 9.15. The van der Waals surface area contributed by atoms with Gasteiger partial charge < -0.3 is 10.2 Å². The van der Waals surface area contributed by atoms with Crippen LogP contribution >= 0.6 is 0 Å². The maximum atomic E-state index is 11.9. The number of carbonyl (C=O) groups is 1. The van der Waals surface area contributed by atoms with E-state index in [1.807, 2.05) is 43.3 Å². The van der Waals surface area contributed by atoms with Gasteiger partial charge in [-0.05, 0) is 30.7 Å². The fraction of sp³-hybridized carbons (Fsp3) is 0.562. The van der Waals surface area contributed by atoms with Crippen LogP contribution in [0.4, 0.5) is 5.69 Å². The second kappa shape index (κ2) is 8.57. The number of rotatable bonds is 8. The molecule has 3 nitrogen and oxygen atoms in total. The lowest BCUT2D eigenvalue weighted by Crippen LogP contribution is -2.24. The second-order valence-corrected chi connectivity index (χ2v) is 5.11. The monoisotopic (exact) mass is 262 g/mol. The van der Waals surface area contributed by atoms with Gasteiger partial charge in [0.25, 0.3) is 5.91 Å². The van der Waals surface area contributed by atoms with Gasteiger partial charge in [-0.25, -0.2) is 0 Å². The average Bonchev–Trinajstić information content (AvgIpc) is 2.42. The quantitative estimate of drug-likeness (QED) is 0.728. The highest BCUT2D eigenvalue weighted by Crippen LogP contribution is 2.12. The molecule has 0 heterocycles. The summed E-state index contributed by atoms with van der Waals surface area (Å²) in [7, 11) is 3.98. The molecule has 1 amide bonds. The fourth-order valence-electron chi connectivity index (χ4n) is 1.94. The normalized spacial score (nSPS) is 10.3. The lowest BCUT2D eigenvalue weighted by atomic mass is 10.1. The van der Waals surface area contributed by atoms with Crippen LogP contribution in [0.5, 0.6) is 0 Å². The molecular formula is C16H26N2O. The van der Waals surface area contributed by atoms with Crippen molar-refractivity contribution in [1.29, 1.82) is 0 Å². The molecule has 0 aliphatic heterocycles. The molecule has 0 spiro atoms. The third-order valence-corrected chi connectivity index (χ3v) is 3.21. The average molecular weight is 262 g/mol. The van der Waals surface area contributed by atoms with Crippen molar-refractivity contribution in [2.24, 2.45) is 0 Å². The summed E-state index contributed by atoms with van der Waals surface area (Å²) in [6.45, 7) is 2.98. The number of hydrogen-bond donors (Lipinski definition) is 1. The van der Waals surface area contributed by atoms with Crippen molar-refractivity contribution in [3.8, 4) is 0 Å². The highest BCUT2D eigenvalue weighted by atomic mass is 16.1. The number of benzene rings is 1. The minimum atomic E-state index is 0.0285. The zero-order chi connectivity index (χ0) is 14.1. The Morgan fingerprint density at radius 3 is 2.26 bits per heavy atom. The summed E-state index contributed by atoms with van der Waals surface area (Å²) in [6, 6.07) is 7.69. The molecule has 1 N–H and O–H groups in total. The van der Waals surface area contributed by atoms with Gasteiger partial charge in [-0.2, -0.15) is 0 Å². The van der Waals surface area contributed by atoms with Gasteiger partial charge in [0.1, 0.15) is 0 Å². The number of amides is 1. The van der Waals surface area contributed by atoms with Crippen molar-refractivity contribution < 1.29 is 4.79 Å². The first kappa shape index (κ1) is 15.5. The Labute approximate surface area is 117 Å². The molecular weight excluding hydrogens is 236 g/mol. The standard InChI is InChI=1S/C16H26N2O/c1-4-5-6-7-8-13-17-16(19)14-9-11-15(12-10-14)18(2)3/h9-12H,4-8,13H2,1-3H3,(H,17,19). The maximum absolute atomic E-state index is 11.9. The van der Waals surface area contributed by atoms with E-state index in [2.05, 4.69) is 12.2 Å². The highest BCUT2D eigenvalue weighted by molar-refractivity contribution is 5.94. The van der Waals surface area contributed by atoms with E-state index in [9.17, 15) is 4.79 Å². The third-order valence-electron chi connectivity index (χ3n) is 3.21. The predicted octanol–water partition coefficient (Wildman–Crippen LogP) is 3.45. The molecule has 0 fully saturated rings. The molecule has 0 radical (unpaired) electrons. The summed E-state index contributed by atoms with van der Waals surface area (Å²) >= 11 is 0. The first-order valence-corrected chi connectivity index (χ1v) is 7.20. The second-order valence-electron chi connectivity index (χ2n) is 5.11. The van der Waals surface area contributed by atoms with Gasteiger partial charge in [0.15, 0.2) is 0 Å². The Balaban J connectivity index is 2.29. The summed E-state index contributed by atoms with van der Waals surface area (Å²) in [6.07, 6.45) is 6.09. The van der Waals surface area contributed by atoms with Gasteiger partial charge in [-0.1, -0.05) is 32.6 Å². The van der Waals surface area contributed by atoms with Gasteiger partial charge in [0, 0.05) is 31.9 Å². The van der Waals surface area contributed by atoms with E-state index in [1.54, 1.807) is 0 Å². The highest BCUT2D eigenvalue weighted by Gasteiger charge is 2.04. The number of anilines is 1. The van der Waals surface area contributed by atoms with E-state index < -0.39 is 0 Å². The summed E-state index contributed by atoms with van der Waals surface area (Å²) < 4.78 is 0. The third kappa shape index (κ3) is 5.77. The van der Waals surface area contributed by atoms with E-state index >= 15 is 0 Å². The lowest BCUT2D eigenvalue weighted by Gasteiger charge is -2.12. The smallest absolute Gasteiger partial charge is 0.251 e. The molecule has 0 aliphatic rings. The summed E-state index contributed by atoms with van der Waals surface area (Å²) in [5, 5.41) is 2.97. The van der Waals surface area contributed by atoms with Crippen molar-refractivity contribution in [3.05, 3.63) is 29.8 Å². The van der Waals surface area contributed by atoms with Gasteiger partial charge >= 0.3 is 0 Å². The number of hydrogen-bond acceptors (Lipinski definition) is 2. The van der Waals surface area contributed by atoms with Crippen LogP contribution in [-0.2, 0) is 0 Å². The molecule has 0 aliphatic carbocycles. The van der Waals surface area contributed by atoms with E-state index in [0.29, 0.717) is 0 Å². The van der Waals surface area contributed by atoms with Crippen LogP contribution in [0.1, 0.15) is 49.4 Å². The summed E-state index contributed by atoms with van der Waals surface area (Å²) in [4.78, 5) is 13.9. The Hall–Kier alpha value is -1.51. The zero-order valence-corrected chi connectivity index (χ0v) is 12.4. The SMILES string of the molecule is CCCCCCCNC(=O)c1ccc(N(C)C)cc1. The van der Waals surface area contributed by atoms with Crippen LogP contribution < -0.4 is 10.2 Å². The molecule has 0 aromatic heterocycles. The van der Waals surface area contributed by atoms with Gasteiger partial charge in [-0.3, -0.25) is 4.79 Å². The van der Waals surface area contributed by atoms with E-state index in [-0.39, 0.29) is 5.91 Å². The number of carbonyl (C=O) groups excluding carboxylic acids is 1. The van der Waals surface area contributed by atoms with E-state index in [4.69, 9.17) is 0 Å². The van der Waals surface area contributed by atoms with Crippen molar-refractivity contribution in [2.75, 3.05) is 25.5 Å². The van der Waals surface area contributed by atoms with Crippen LogP contribution in [0.25, 0.3) is 0 Å². The number of nitrogens with zero attached hydrogens (tertiary/aromatic N) is 1. The molecule has 0 bridgehead atoms. The molecule has 1 rings (SSSR count). The number of nitrogens with one attached hydrogen (secondary N) is 1. The van der Waals surface area contributed by atoms with Gasteiger partial charge in [0.2, 0.25) is 0 Å². The molecule has 0 atom stereocenters. The predicted molar refractivity (Wildman–Crippen MR) is 81.9 cm³/mol. The Kier molecular flexibility index (Phi) is 7.01. The largest absolute Gasteiger partial charge is 0.378 e. The maximum Gasteiger partial charge on any atom is 0.251 e. The molecule has 3 heteroatoms. The van der Waals surface area contributed by atoms with E-state index in [0.717, 1.165) is 24.2 Å². The summed E-state index contributed by atoms with van der Waals surface area (Å²) in [5.41, 5.74) is 1.84. The molecule has 0 unspecified atom stereocenters. The van der Waals surface area contributed by atoms with Crippen LogP contribution in [0.15, 0.2) is 24.3 Å². The fourth-order valence-corrected chi connectivity index (χ4v) is 1.94. The first-order valence-electron chi connectivity index (χ1n) is 7.20. The molecule has 0 saturated carbocycles. The van der Waals surface area contributed by atoms with Gasteiger partial charge in [0.05, 0.1) is 0 Å². The van der Waals surface area contributed by atoms with Crippen LogP contribution in [0.2, 0.25) is 0 Å². The Morgan fingerprint density at radius 1 is 1.05 bits per heavy atom. The van der Waals surface area contributed by atoms with Crippen molar-refractivity contribution in [1.82, 2.24) is 5.32 Å². The Bertz CT molecular complexity index is 371. The molecule has 106 valence electrons. The minimum absolute atomic E-state index is 0.0285. The van der Waals surface area contributed by atoms with E-state index in [1.165, 1.54) is 25.7 Å². The van der Waals surface area contributed by atoms with Crippen molar-refractivity contribution in [2.45, 2.75) is 39.0 Å². The summed E-state index contributed by atoms with van der Waals surface area (Å²) in [5.74, 6) is 0.0285. The van der Waals surface area contributed by atoms with Crippen LogP contribution in [0, 0.1) is 0 Å². The minimum Gasteiger partial charge on any atom is -0.378 e. The van der Waals surface area contributed by atoms with Crippen molar-refractivity contribution in [3.63, 3.8) is 0 Å². The van der Waals surface area contributed by atoms with Crippen LogP contribution in [0.3, 0.4) is 0 Å². The van der Waals surface area contributed by atoms with Crippen molar-refractivity contribution >= 4 is 11.6 Å². The lowest BCUT2D eigenvalue weighted by molar-refractivity contribution is 0.0953. The van der Waals surface area contributed by atoms with Crippen LogP contribution in [-0.4, -0.2) is 26.5 Å². The molecule has 19 heavy (non-hydrogen) atoms. The van der Waals surface area contributed by atoms with Gasteiger partial charge in [-0.15, -0.1) is 0 Å². The molecule has 1 aromatic rings. The molecule has 1 aromatic carbocycles. The Morgan fingerprint density at radius 2 is 1.68 bits per heavy atom.